The number of carbonyl (C=O) groups excluding carboxylic acids is 2. The summed E-state index contributed by atoms with van der Waals surface area (Å²) >= 11 is 0. The third-order valence-corrected chi connectivity index (χ3v) is 3.15. The van der Waals surface area contributed by atoms with E-state index in [1.54, 1.807) is 43.3 Å². The Morgan fingerprint density at radius 2 is 1.85 bits per heavy atom. The Labute approximate surface area is 120 Å². The molecule has 1 aromatic rings. The normalized spacial score (nSPS) is 10.0. The van der Waals surface area contributed by atoms with Crippen LogP contribution >= 0.6 is 0 Å². The molecule has 5 heteroatoms. The van der Waals surface area contributed by atoms with Gasteiger partial charge in [0.1, 0.15) is 5.75 Å². The van der Waals surface area contributed by atoms with Crippen LogP contribution in [0, 0.1) is 0 Å². The molecular formula is C15H22N2O3. The van der Waals surface area contributed by atoms with Gasteiger partial charge in [0.15, 0.2) is 0 Å². The first kappa shape index (κ1) is 16.0. The molecule has 0 radical (unpaired) electrons. The minimum absolute atomic E-state index is 0.0475. The Balaban J connectivity index is 2.73. The number of methoxy groups -OCH3 is 1. The molecule has 0 saturated carbocycles. The molecule has 0 N–H and O–H groups in total. The van der Waals surface area contributed by atoms with E-state index in [0.717, 1.165) is 0 Å². The number of rotatable bonds is 6. The highest BCUT2D eigenvalue weighted by Gasteiger charge is 2.18. The molecule has 20 heavy (non-hydrogen) atoms. The number of benzene rings is 1. The van der Waals surface area contributed by atoms with Crippen molar-refractivity contribution in [2.45, 2.75) is 13.8 Å². The highest BCUT2D eigenvalue weighted by molar-refractivity contribution is 5.96. The van der Waals surface area contributed by atoms with E-state index in [9.17, 15) is 9.59 Å². The van der Waals surface area contributed by atoms with Crippen LogP contribution in [0.2, 0.25) is 0 Å². The average Bonchev–Trinajstić information content (AvgIpc) is 2.47. The summed E-state index contributed by atoms with van der Waals surface area (Å²) in [4.78, 5) is 27.4. The van der Waals surface area contributed by atoms with Crippen molar-refractivity contribution in [2.24, 2.45) is 0 Å². The van der Waals surface area contributed by atoms with E-state index in [1.807, 2.05) is 13.8 Å². The van der Waals surface area contributed by atoms with Crippen molar-refractivity contribution in [3.05, 3.63) is 29.8 Å². The van der Waals surface area contributed by atoms with Gasteiger partial charge in [-0.15, -0.1) is 0 Å². The second kappa shape index (κ2) is 7.53. The molecule has 0 saturated heterocycles. The van der Waals surface area contributed by atoms with Crippen molar-refractivity contribution in [1.82, 2.24) is 9.80 Å². The van der Waals surface area contributed by atoms with Crippen LogP contribution in [0.25, 0.3) is 0 Å². The van der Waals surface area contributed by atoms with Crippen molar-refractivity contribution in [3.63, 3.8) is 0 Å². The molecule has 1 rings (SSSR count). The first-order valence-electron chi connectivity index (χ1n) is 6.70. The number of ether oxygens (including phenoxy) is 1. The Kier molecular flexibility index (Phi) is 6.03. The van der Waals surface area contributed by atoms with E-state index >= 15 is 0 Å². The van der Waals surface area contributed by atoms with E-state index < -0.39 is 0 Å². The fourth-order valence-corrected chi connectivity index (χ4v) is 1.93. The van der Waals surface area contributed by atoms with Gasteiger partial charge in [-0.1, -0.05) is 6.07 Å². The Hall–Kier alpha value is -2.04. The van der Waals surface area contributed by atoms with Crippen LogP contribution in [0.3, 0.4) is 0 Å². The second-order valence-electron chi connectivity index (χ2n) is 4.46. The number of hydrogen-bond donors (Lipinski definition) is 0. The van der Waals surface area contributed by atoms with Gasteiger partial charge in [-0.3, -0.25) is 9.59 Å². The molecule has 0 heterocycles. The van der Waals surface area contributed by atoms with E-state index in [0.29, 0.717) is 24.4 Å². The highest BCUT2D eigenvalue weighted by atomic mass is 16.5. The summed E-state index contributed by atoms with van der Waals surface area (Å²) in [7, 11) is 3.18. The second-order valence-corrected chi connectivity index (χ2v) is 4.46. The average molecular weight is 278 g/mol. The fraction of sp³-hybridized carbons (Fsp3) is 0.467. The zero-order chi connectivity index (χ0) is 15.1. The smallest absolute Gasteiger partial charge is 0.254 e. The Bertz CT molecular complexity index is 470. The predicted octanol–water partition coefficient (Wildman–Crippen LogP) is 1.64. The molecule has 0 aromatic heterocycles. The number of hydrogen-bond acceptors (Lipinski definition) is 3. The van der Waals surface area contributed by atoms with E-state index in [-0.39, 0.29) is 18.4 Å². The van der Waals surface area contributed by atoms with Gasteiger partial charge >= 0.3 is 0 Å². The minimum Gasteiger partial charge on any atom is -0.497 e. The third-order valence-electron chi connectivity index (χ3n) is 3.15. The molecule has 110 valence electrons. The van der Waals surface area contributed by atoms with Gasteiger partial charge in [0.25, 0.3) is 5.91 Å². The lowest BCUT2D eigenvalue weighted by atomic mass is 10.2. The van der Waals surface area contributed by atoms with Crippen molar-refractivity contribution in [3.8, 4) is 5.75 Å². The third kappa shape index (κ3) is 3.98. The number of nitrogens with zero attached hydrogens (tertiary/aromatic N) is 2. The number of likely N-dealkylation sites (N-methyl/N-ethyl adjacent to an activating group) is 2. The molecule has 0 aliphatic heterocycles. The molecule has 0 unspecified atom stereocenters. The van der Waals surface area contributed by atoms with Crippen LogP contribution < -0.4 is 4.74 Å². The molecule has 2 amide bonds. The first-order valence-corrected chi connectivity index (χ1v) is 6.70. The van der Waals surface area contributed by atoms with Crippen LogP contribution in [-0.2, 0) is 4.79 Å². The highest BCUT2D eigenvalue weighted by Crippen LogP contribution is 2.14. The molecule has 0 aliphatic rings. The van der Waals surface area contributed by atoms with Crippen LogP contribution in [0.4, 0.5) is 0 Å². The largest absolute Gasteiger partial charge is 0.497 e. The molecular weight excluding hydrogens is 256 g/mol. The van der Waals surface area contributed by atoms with Gasteiger partial charge < -0.3 is 14.5 Å². The summed E-state index contributed by atoms with van der Waals surface area (Å²) < 4.78 is 5.09. The SMILES string of the molecule is CCN(CC)C(=O)CN(C)C(=O)c1cccc(OC)c1. The summed E-state index contributed by atoms with van der Waals surface area (Å²) in [6.45, 7) is 5.22. The zero-order valence-electron chi connectivity index (χ0n) is 12.5. The minimum atomic E-state index is -0.190. The summed E-state index contributed by atoms with van der Waals surface area (Å²) in [5.41, 5.74) is 0.513. The Morgan fingerprint density at radius 1 is 1.20 bits per heavy atom. The lowest BCUT2D eigenvalue weighted by molar-refractivity contribution is -0.131. The monoisotopic (exact) mass is 278 g/mol. The van der Waals surface area contributed by atoms with Crippen molar-refractivity contribution >= 4 is 11.8 Å². The maximum Gasteiger partial charge on any atom is 0.254 e. The van der Waals surface area contributed by atoms with Crippen molar-refractivity contribution < 1.29 is 14.3 Å². The summed E-state index contributed by atoms with van der Waals surface area (Å²) in [6, 6.07) is 6.91. The topological polar surface area (TPSA) is 49.9 Å². The van der Waals surface area contributed by atoms with Crippen LogP contribution in [0.1, 0.15) is 24.2 Å². The van der Waals surface area contributed by atoms with Gasteiger partial charge in [0, 0.05) is 25.7 Å². The van der Waals surface area contributed by atoms with Crippen molar-refractivity contribution in [2.75, 3.05) is 33.8 Å². The van der Waals surface area contributed by atoms with Crippen LogP contribution in [0.5, 0.6) is 5.75 Å². The summed E-state index contributed by atoms with van der Waals surface area (Å²) in [5, 5.41) is 0. The number of carbonyl (C=O) groups is 2. The van der Waals surface area contributed by atoms with Gasteiger partial charge in [0.2, 0.25) is 5.91 Å². The molecule has 0 aliphatic carbocycles. The quantitative estimate of drug-likeness (QED) is 0.795. The van der Waals surface area contributed by atoms with E-state index in [2.05, 4.69) is 0 Å². The fourth-order valence-electron chi connectivity index (χ4n) is 1.93. The van der Waals surface area contributed by atoms with Crippen molar-refractivity contribution in [1.29, 1.82) is 0 Å². The maximum atomic E-state index is 12.2. The Morgan fingerprint density at radius 3 is 2.40 bits per heavy atom. The van der Waals surface area contributed by atoms with Crippen LogP contribution in [-0.4, -0.2) is 55.4 Å². The summed E-state index contributed by atoms with van der Waals surface area (Å²) in [6.07, 6.45) is 0. The van der Waals surface area contributed by atoms with Gasteiger partial charge in [0.05, 0.1) is 13.7 Å². The van der Waals surface area contributed by atoms with Crippen LogP contribution in [0.15, 0.2) is 24.3 Å². The molecule has 0 atom stereocenters. The van der Waals surface area contributed by atoms with Gasteiger partial charge in [-0.05, 0) is 32.0 Å². The lowest BCUT2D eigenvalue weighted by Gasteiger charge is -2.23. The molecule has 5 nitrogen and oxygen atoms in total. The van der Waals surface area contributed by atoms with E-state index in [4.69, 9.17) is 4.74 Å². The molecule has 0 bridgehead atoms. The van der Waals surface area contributed by atoms with E-state index in [1.165, 1.54) is 4.90 Å². The molecule has 0 spiro atoms. The zero-order valence-corrected chi connectivity index (χ0v) is 12.5. The van der Waals surface area contributed by atoms with Gasteiger partial charge in [-0.2, -0.15) is 0 Å². The maximum absolute atomic E-state index is 12.2. The number of amides is 2. The lowest BCUT2D eigenvalue weighted by Crippen LogP contribution is -2.41. The molecule has 1 aromatic carbocycles. The standard InChI is InChI=1S/C15H22N2O3/c1-5-17(6-2)14(18)11-16(3)15(19)12-8-7-9-13(10-12)20-4/h7-10H,5-6,11H2,1-4H3. The first-order chi connectivity index (χ1) is 9.53. The van der Waals surface area contributed by atoms with Gasteiger partial charge in [-0.25, -0.2) is 0 Å². The predicted molar refractivity (Wildman–Crippen MR) is 77.9 cm³/mol. The summed E-state index contributed by atoms with van der Waals surface area (Å²) in [5.74, 6) is 0.387. The molecule has 0 fully saturated rings.